The van der Waals surface area contributed by atoms with Gasteiger partial charge in [-0.25, -0.2) is 4.79 Å². The Kier molecular flexibility index (Phi) is 6.19. The molecule has 1 spiro atoms. The summed E-state index contributed by atoms with van der Waals surface area (Å²) < 4.78 is 12.0. The Hall–Kier alpha value is -2.57. The number of likely N-dealkylation sites (tertiary alicyclic amines) is 1. The van der Waals surface area contributed by atoms with Crippen molar-refractivity contribution in [3.8, 4) is 5.75 Å². The first kappa shape index (κ1) is 22.6. The molecule has 4 rings (SSSR count). The number of nitrogens with one attached hydrogen (secondary N) is 1. The third-order valence-electron chi connectivity index (χ3n) is 6.18. The van der Waals surface area contributed by atoms with Gasteiger partial charge >= 0.3 is 6.09 Å². The fourth-order valence-electron chi connectivity index (χ4n) is 4.54. The molecule has 172 valence electrons. The number of rotatable bonds is 4. The van der Waals surface area contributed by atoms with E-state index in [0.29, 0.717) is 19.6 Å². The molecule has 0 aromatic heterocycles. The highest BCUT2D eigenvalue weighted by atomic mass is 16.6. The zero-order valence-electron chi connectivity index (χ0n) is 19.4. The van der Waals surface area contributed by atoms with E-state index >= 15 is 0 Å². The van der Waals surface area contributed by atoms with Crippen LogP contribution in [-0.2, 0) is 4.74 Å². The third-order valence-corrected chi connectivity index (χ3v) is 6.18. The van der Waals surface area contributed by atoms with Crippen molar-refractivity contribution in [1.29, 1.82) is 0 Å². The lowest BCUT2D eigenvalue weighted by Gasteiger charge is -2.40. The first-order valence-electron chi connectivity index (χ1n) is 11.4. The molecule has 2 aromatic carbocycles. The molecule has 0 saturated carbocycles. The summed E-state index contributed by atoms with van der Waals surface area (Å²) in [4.78, 5) is 14.4. The van der Waals surface area contributed by atoms with E-state index < -0.39 is 17.3 Å². The van der Waals surface area contributed by atoms with Crippen LogP contribution in [0.5, 0.6) is 5.75 Å². The fourth-order valence-corrected chi connectivity index (χ4v) is 4.54. The molecule has 0 bridgehead atoms. The van der Waals surface area contributed by atoms with Gasteiger partial charge in [0.25, 0.3) is 0 Å². The molecule has 6 heteroatoms. The van der Waals surface area contributed by atoms with Crippen LogP contribution in [0.3, 0.4) is 0 Å². The van der Waals surface area contributed by atoms with Crippen molar-refractivity contribution in [2.45, 2.75) is 63.9 Å². The van der Waals surface area contributed by atoms with Crippen LogP contribution in [0.15, 0.2) is 48.5 Å². The molecule has 6 nitrogen and oxygen atoms in total. The minimum atomic E-state index is -0.594. The first-order valence-corrected chi connectivity index (χ1v) is 11.4. The first-order chi connectivity index (χ1) is 15.1. The summed E-state index contributed by atoms with van der Waals surface area (Å²) in [6.45, 7) is 9.21. The molecule has 0 aliphatic carbocycles. The number of hydrogen-bond acceptors (Lipinski definition) is 5. The van der Waals surface area contributed by atoms with E-state index in [4.69, 9.17) is 9.47 Å². The Bertz CT molecular complexity index is 953. The zero-order chi connectivity index (χ0) is 22.9. The van der Waals surface area contributed by atoms with Crippen molar-refractivity contribution >= 4 is 6.09 Å². The van der Waals surface area contributed by atoms with E-state index in [1.807, 2.05) is 70.2 Å². The largest absolute Gasteiger partial charge is 0.485 e. The van der Waals surface area contributed by atoms with Gasteiger partial charge in [-0.3, -0.25) is 0 Å². The number of amides is 1. The summed E-state index contributed by atoms with van der Waals surface area (Å²) in [6, 6.07) is 16.0. The van der Waals surface area contributed by atoms with Crippen molar-refractivity contribution < 1.29 is 19.4 Å². The number of carbonyl (C=O) groups is 1. The average molecular weight is 439 g/mol. The van der Waals surface area contributed by atoms with Gasteiger partial charge in [-0.1, -0.05) is 48.0 Å². The second-order valence-electron chi connectivity index (χ2n) is 10.1. The number of carbonyl (C=O) groups excluding carboxylic acids is 1. The summed E-state index contributed by atoms with van der Waals surface area (Å²) in [5.41, 5.74) is 2.17. The Morgan fingerprint density at radius 2 is 1.97 bits per heavy atom. The highest BCUT2D eigenvalue weighted by Crippen LogP contribution is 2.44. The fraction of sp³-hybridized carbons (Fsp3) is 0.500. The van der Waals surface area contributed by atoms with Crippen LogP contribution in [0.25, 0.3) is 0 Å². The molecule has 2 aliphatic rings. The molecule has 1 saturated heterocycles. The zero-order valence-corrected chi connectivity index (χ0v) is 19.4. The molecule has 32 heavy (non-hydrogen) atoms. The van der Waals surface area contributed by atoms with Crippen LogP contribution in [0.1, 0.15) is 62.4 Å². The second-order valence-corrected chi connectivity index (χ2v) is 10.1. The predicted molar refractivity (Wildman–Crippen MR) is 124 cm³/mol. The van der Waals surface area contributed by atoms with Gasteiger partial charge in [0.05, 0.1) is 12.6 Å². The highest BCUT2D eigenvalue weighted by molar-refractivity contribution is 5.68. The maximum atomic E-state index is 12.6. The molecular formula is C26H34N2O4. The minimum Gasteiger partial charge on any atom is -0.485 e. The highest BCUT2D eigenvalue weighted by Gasteiger charge is 2.47. The monoisotopic (exact) mass is 438 g/mol. The van der Waals surface area contributed by atoms with Gasteiger partial charge in [0.2, 0.25) is 0 Å². The Labute approximate surface area is 190 Å². The standard InChI is InChI=1S/C26H34N2O4/c1-18-9-11-19(12-10-18)22(29)16-27-21-15-26(31-23-8-6-5-7-20(21)23)13-14-28(17-26)24(30)32-25(2,3)4/h5-12,21-22,27,29H,13-17H2,1-4H3/t21-,22+,26-/m0/s1. The van der Waals surface area contributed by atoms with Gasteiger partial charge in [-0.2, -0.15) is 0 Å². The van der Waals surface area contributed by atoms with Crippen LogP contribution in [-0.4, -0.2) is 46.9 Å². The number of benzene rings is 2. The Morgan fingerprint density at radius 3 is 2.69 bits per heavy atom. The third kappa shape index (κ3) is 5.08. The number of para-hydroxylation sites is 1. The summed E-state index contributed by atoms with van der Waals surface area (Å²) in [6.07, 6.45) is 0.586. The van der Waals surface area contributed by atoms with Crippen LogP contribution in [0.4, 0.5) is 4.79 Å². The van der Waals surface area contributed by atoms with Gasteiger partial charge in [0.1, 0.15) is 17.0 Å². The van der Waals surface area contributed by atoms with Gasteiger partial charge in [0, 0.05) is 37.5 Å². The molecule has 2 heterocycles. The lowest BCUT2D eigenvalue weighted by Crippen LogP contribution is -2.47. The van der Waals surface area contributed by atoms with E-state index in [1.165, 1.54) is 5.56 Å². The lowest BCUT2D eigenvalue weighted by atomic mass is 9.86. The SMILES string of the molecule is Cc1ccc([C@H](O)CN[C@H]2C[C@]3(CCN(C(=O)OC(C)(C)C)C3)Oc3ccccc32)cc1. The molecule has 2 N–H and O–H groups in total. The molecule has 0 radical (unpaired) electrons. The summed E-state index contributed by atoms with van der Waals surface area (Å²) in [5.74, 6) is 0.840. The van der Waals surface area contributed by atoms with E-state index in [9.17, 15) is 9.90 Å². The van der Waals surface area contributed by atoms with Crippen molar-refractivity contribution in [3.63, 3.8) is 0 Å². The van der Waals surface area contributed by atoms with E-state index in [-0.39, 0.29) is 12.1 Å². The quantitative estimate of drug-likeness (QED) is 0.734. The van der Waals surface area contributed by atoms with Crippen molar-refractivity contribution in [2.75, 3.05) is 19.6 Å². The van der Waals surface area contributed by atoms with E-state index in [1.54, 1.807) is 4.90 Å². The molecule has 1 amide bonds. The number of hydrogen-bond donors (Lipinski definition) is 2. The topological polar surface area (TPSA) is 71.0 Å². The van der Waals surface area contributed by atoms with E-state index in [0.717, 1.165) is 29.7 Å². The predicted octanol–water partition coefficient (Wildman–Crippen LogP) is 4.52. The van der Waals surface area contributed by atoms with Crippen LogP contribution in [0.2, 0.25) is 0 Å². The normalized spacial score (nSPS) is 23.5. The Morgan fingerprint density at radius 1 is 1.25 bits per heavy atom. The molecule has 3 atom stereocenters. The van der Waals surface area contributed by atoms with Crippen molar-refractivity contribution in [1.82, 2.24) is 10.2 Å². The Balaban J connectivity index is 1.47. The minimum absolute atomic E-state index is 0.0265. The number of ether oxygens (including phenoxy) is 2. The molecule has 2 aromatic rings. The summed E-state index contributed by atoms with van der Waals surface area (Å²) in [5, 5.41) is 14.3. The van der Waals surface area contributed by atoms with Crippen LogP contribution < -0.4 is 10.1 Å². The summed E-state index contributed by atoms with van der Waals surface area (Å²) >= 11 is 0. The van der Waals surface area contributed by atoms with Gasteiger partial charge in [-0.15, -0.1) is 0 Å². The molecular weight excluding hydrogens is 404 g/mol. The van der Waals surface area contributed by atoms with Crippen molar-refractivity contribution in [3.05, 3.63) is 65.2 Å². The second kappa shape index (κ2) is 8.75. The number of aryl methyl sites for hydroxylation is 1. The molecule has 0 unspecified atom stereocenters. The number of aliphatic hydroxyl groups is 1. The van der Waals surface area contributed by atoms with Crippen LogP contribution >= 0.6 is 0 Å². The number of nitrogens with zero attached hydrogens (tertiary/aromatic N) is 1. The number of fused-ring (bicyclic) bond motifs is 1. The van der Waals surface area contributed by atoms with Gasteiger partial charge in [0.15, 0.2) is 0 Å². The lowest BCUT2D eigenvalue weighted by molar-refractivity contribution is 0.0120. The summed E-state index contributed by atoms with van der Waals surface area (Å²) in [7, 11) is 0. The molecule has 1 fully saturated rings. The van der Waals surface area contributed by atoms with Crippen molar-refractivity contribution in [2.24, 2.45) is 0 Å². The van der Waals surface area contributed by atoms with Crippen LogP contribution in [0, 0.1) is 6.92 Å². The maximum absolute atomic E-state index is 12.6. The van der Waals surface area contributed by atoms with Gasteiger partial charge < -0.3 is 24.8 Å². The van der Waals surface area contributed by atoms with E-state index in [2.05, 4.69) is 11.4 Å². The number of aliphatic hydroxyl groups excluding tert-OH is 1. The smallest absolute Gasteiger partial charge is 0.410 e. The van der Waals surface area contributed by atoms with Gasteiger partial charge in [-0.05, 0) is 39.3 Å². The molecule has 2 aliphatic heterocycles. The maximum Gasteiger partial charge on any atom is 0.410 e. The average Bonchev–Trinajstić information content (AvgIpc) is 3.14.